The van der Waals surface area contributed by atoms with E-state index in [2.05, 4.69) is 16.0 Å². The summed E-state index contributed by atoms with van der Waals surface area (Å²) in [5.41, 5.74) is 5.90. The minimum Gasteiger partial charge on any atom is -0.508 e. The summed E-state index contributed by atoms with van der Waals surface area (Å²) in [6, 6.07) is -0.721. The number of nitrogens with two attached hydrogens (primary N) is 1. The van der Waals surface area contributed by atoms with Crippen LogP contribution in [0.2, 0.25) is 0 Å². The van der Waals surface area contributed by atoms with Crippen molar-refractivity contribution in [1.29, 1.82) is 0 Å². The van der Waals surface area contributed by atoms with E-state index < -0.39 is 85.7 Å². The van der Waals surface area contributed by atoms with Gasteiger partial charge < -0.3 is 47.2 Å². The summed E-state index contributed by atoms with van der Waals surface area (Å²) in [4.78, 5) is 70.5. The lowest BCUT2D eigenvalue weighted by Gasteiger charge is -2.24. The SMILES string of the molecule is NC(CC(=O)O)C(=O)NC(CCC(=O)O)C(=O)NC(CO)C(=O)NC(Cc1ccc(O)cc1)C(=O)O. The number of phenolic OH excluding ortho intramolecular Hbond substituents is 1. The molecule has 0 aliphatic rings. The molecule has 0 aromatic heterocycles. The number of carboxylic acid groups (broad SMARTS) is 3. The highest BCUT2D eigenvalue weighted by Crippen LogP contribution is 2.11. The first-order chi connectivity index (χ1) is 16.8. The zero-order chi connectivity index (χ0) is 27.4. The Morgan fingerprint density at radius 2 is 1.31 bits per heavy atom. The Hall–Kier alpha value is -4.24. The molecule has 0 saturated carbocycles. The normalized spacial score (nSPS) is 13.9. The summed E-state index contributed by atoms with van der Waals surface area (Å²) < 4.78 is 0. The highest BCUT2D eigenvalue weighted by Gasteiger charge is 2.30. The molecule has 15 heteroatoms. The van der Waals surface area contributed by atoms with E-state index in [1.165, 1.54) is 24.3 Å². The van der Waals surface area contributed by atoms with E-state index in [0.29, 0.717) is 5.56 Å². The molecular weight excluding hydrogens is 484 g/mol. The van der Waals surface area contributed by atoms with E-state index in [4.69, 9.17) is 15.9 Å². The van der Waals surface area contributed by atoms with Crippen LogP contribution in [-0.4, -0.2) is 91.9 Å². The van der Waals surface area contributed by atoms with Gasteiger partial charge in [-0.2, -0.15) is 0 Å². The molecule has 0 radical (unpaired) electrons. The fourth-order valence-electron chi connectivity index (χ4n) is 2.90. The first-order valence-corrected chi connectivity index (χ1v) is 10.6. The lowest BCUT2D eigenvalue weighted by molar-refractivity contribution is -0.142. The van der Waals surface area contributed by atoms with Crippen LogP contribution in [0.4, 0.5) is 0 Å². The number of carboxylic acids is 3. The molecule has 0 aliphatic carbocycles. The molecule has 1 rings (SSSR count). The number of aliphatic hydroxyl groups excluding tert-OH is 1. The molecule has 1 aromatic rings. The van der Waals surface area contributed by atoms with Crippen LogP contribution >= 0.6 is 0 Å². The van der Waals surface area contributed by atoms with Gasteiger partial charge >= 0.3 is 17.9 Å². The number of phenols is 1. The van der Waals surface area contributed by atoms with Crippen LogP contribution < -0.4 is 21.7 Å². The molecule has 0 aliphatic heterocycles. The number of aliphatic hydroxyl groups is 1. The van der Waals surface area contributed by atoms with Crippen LogP contribution in [0, 0.1) is 0 Å². The van der Waals surface area contributed by atoms with Crippen molar-refractivity contribution >= 4 is 35.6 Å². The molecule has 198 valence electrons. The van der Waals surface area contributed by atoms with Crippen molar-refractivity contribution in [2.45, 2.75) is 49.9 Å². The Morgan fingerprint density at radius 3 is 1.81 bits per heavy atom. The standard InChI is InChI=1S/C21H28N4O11/c22-12(8-17(30)31)18(32)23-13(5-6-16(28)29)19(33)25-15(9-26)20(34)24-14(21(35)36)7-10-1-3-11(27)4-2-10/h1-4,12-15,26-27H,5-9,22H2,(H,23,32)(H,24,34)(H,25,33)(H,28,29)(H,30,31)(H,35,36). The number of aliphatic carboxylic acids is 3. The summed E-state index contributed by atoms with van der Waals surface area (Å²) >= 11 is 0. The third-order valence-corrected chi connectivity index (χ3v) is 4.82. The van der Waals surface area contributed by atoms with E-state index in [1.807, 2.05) is 0 Å². The van der Waals surface area contributed by atoms with E-state index >= 15 is 0 Å². The van der Waals surface area contributed by atoms with Crippen LogP contribution in [0.25, 0.3) is 0 Å². The monoisotopic (exact) mass is 512 g/mol. The van der Waals surface area contributed by atoms with Crippen LogP contribution in [0.5, 0.6) is 5.75 Å². The molecule has 3 amide bonds. The zero-order valence-electron chi connectivity index (χ0n) is 18.9. The molecule has 0 spiro atoms. The number of benzene rings is 1. The predicted octanol–water partition coefficient (Wildman–Crippen LogP) is -2.87. The van der Waals surface area contributed by atoms with Gasteiger partial charge in [-0.05, 0) is 24.1 Å². The topological polar surface area (TPSA) is 266 Å². The largest absolute Gasteiger partial charge is 0.508 e. The first kappa shape index (κ1) is 29.8. The van der Waals surface area contributed by atoms with Gasteiger partial charge in [-0.25, -0.2) is 4.79 Å². The number of amides is 3. The third kappa shape index (κ3) is 10.4. The fourth-order valence-corrected chi connectivity index (χ4v) is 2.90. The lowest BCUT2D eigenvalue weighted by atomic mass is 10.1. The number of carbonyl (C=O) groups excluding carboxylic acids is 3. The summed E-state index contributed by atoms with van der Waals surface area (Å²) in [5, 5.41) is 52.3. The molecule has 0 saturated heterocycles. The smallest absolute Gasteiger partial charge is 0.326 e. The average Bonchev–Trinajstić information content (AvgIpc) is 2.79. The fraction of sp³-hybridized carbons (Fsp3) is 0.429. The Kier molecular flexibility index (Phi) is 11.8. The molecule has 15 nitrogen and oxygen atoms in total. The Labute approximate surface area is 204 Å². The predicted molar refractivity (Wildman–Crippen MR) is 119 cm³/mol. The van der Waals surface area contributed by atoms with Crippen molar-refractivity contribution in [3.63, 3.8) is 0 Å². The molecule has 4 unspecified atom stereocenters. The molecule has 0 heterocycles. The van der Waals surface area contributed by atoms with E-state index in [1.54, 1.807) is 0 Å². The van der Waals surface area contributed by atoms with Gasteiger partial charge in [-0.15, -0.1) is 0 Å². The maximum absolute atomic E-state index is 12.6. The van der Waals surface area contributed by atoms with Crippen molar-refractivity contribution in [3.8, 4) is 5.75 Å². The minimum absolute atomic E-state index is 0.0498. The summed E-state index contributed by atoms with van der Waals surface area (Å²) in [6.45, 7) is -0.971. The number of nitrogens with one attached hydrogen (secondary N) is 3. The van der Waals surface area contributed by atoms with Crippen LogP contribution in [0.1, 0.15) is 24.8 Å². The Balaban J connectivity index is 2.91. The van der Waals surface area contributed by atoms with Crippen LogP contribution in [0.3, 0.4) is 0 Å². The third-order valence-electron chi connectivity index (χ3n) is 4.82. The van der Waals surface area contributed by atoms with Crippen LogP contribution in [-0.2, 0) is 35.2 Å². The number of rotatable bonds is 15. The van der Waals surface area contributed by atoms with Gasteiger partial charge in [0.2, 0.25) is 17.7 Å². The Bertz CT molecular complexity index is 967. The molecule has 1 aromatic carbocycles. The maximum Gasteiger partial charge on any atom is 0.326 e. The van der Waals surface area contributed by atoms with Gasteiger partial charge in [0.25, 0.3) is 0 Å². The van der Waals surface area contributed by atoms with E-state index in [-0.39, 0.29) is 12.2 Å². The zero-order valence-corrected chi connectivity index (χ0v) is 18.9. The van der Waals surface area contributed by atoms with Crippen molar-refractivity contribution < 1.29 is 54.3 Å². The molecule has 4 atom stereocenters. The van der Waals surface area contributed by atoms with Crippen molar-refractivity contribution in [1.82, 2.24) is 16.0 Å². The Morgan fingerprint density at radius 1 is 0.778 bits per heavy atom. The number of carbonyl (C=O) groups is 6. The lowest BCUT2D eigenvalue weighted by Crippen LogP contribution is -2.58. The van der Waals surface area contributed by atoms with Gasteiger partial charge in [0, 0.05) is 12.8 Å². The second-order valence-corrected chi connectivity index (χ2v) is 7.71. The molecule has 36 heavy (non-hydrogen) atoms. The second-order valence-electron chi connectivity index (χ2n) is 7.71. The van der Waals surface area contributed by atoms with Gasteiger partial charge in [-0.3, -0.25) is 24.0 Å². The number of aromatic hydroxyl groups is 1. The highest BCUT2D eigenvalue weighted by molar-refractivity contribution is 5.95. The second kappa shape index (κ2) is 14.2. The number of hydrogen-bond acceptors (Lipinski definition) is 9. The molecular formula is C21H28N4O11. The van der Waals surface area contributed by atoms with Gasteiger partial charge in [0.1, 0.15) is 23.9 Å². The van der Waals surface area contributed by atoms with Crippen molar-refractivity contribution in [3.05, 3.63) is 29.8 Å². The highest BCUT2D eigenvalue weighted by atomic mass is 16.4. The molecule has 10 N–H and O–H groups in total. The maximum atomic E-state index is 12.6. The summed E-state index contributed by atoms with van der Waals surface area (Å²) in [7, 11) is 0. The summed E-state index contributed by atoms with van der Waals surface area (Å²) in [5.74, 6) is -7.40. The van der Waals surface area contributed by atoms with Crippen molar-refractivity contribution in [2.24, 2.45) is 5.73 Å². The van der Waals surface area contributed by atoms with Crippen LogP contribution in [0.15, 0.2) is 24.3 Å². The van der Waals surface area contributed by atoms with Gasteiger partial charge in [0.05, 0.1) is 19.1 Å². The van der Waals surface area contributed by atoms with E-state index in [0.717, 1.165) is 0 Å². The van der Waals surface area contributed by atoms with E-state index in [9.17, 15) is 44.1 Å². The van der Waals surface area contributed by atoms with Gasteiger partial charge in [0.15, 0.2) is 0 Å². The molecule has 0 bridgehead atoms. The number of hydrogen-bond donors (Lipinski definition) is 9. The van der Waals surface area contributed by atoms with Crippen molar-refractivity contribution in [2.75, 3.05) is 6.61 Å². The average molecular weight is 512 g/mol. The molecule has 0 fully saturated rings. The first-order valence-electron chi connectivity index (χ1n) is 10.6. The minimum atomic E-state index is -1.67. The summed E-state index contributed by atoms with van der Waals surface area (Å²) in [6.07, 6.45) is -1.99. The van der Waals surface area contributed by atoms with Gasteiger partial charge in [-0.1, -0.05) is 12.1 Å². The quantitative estimate of drug-likeness (QED) is 0.115.